The van der Waals surface area contributed by atoms with Gasteiger partial charge in [-0.1, -0.05) is 149 Å². The third-order valence-electron chi connectivity index (χ3n) is 6.43. The first-order valence-corrected chi connectivity index (χ1v) is 15.7. The van der Waals surface area contributed by atoms with E-state index in [4.69, 9.17) is 4.52 Å². The van der Waals surface area contributed by atoms with Crippen LogP contribution in [0, 0.1) is 0 Å². The van der Waals surface area contributed by atoms with Crippen molar-refractivity contribution < 1.29 is 9.09 Å². The number of hydrogen-bond donors (Lipinski definition) is 0. The van der Waals surface area contributed by atoms with E-state index < -0.39 is 8.03 Å². The average Bonchev–Trinajstić information content (AvgIpc) is 2.77. The Morgan fingerprint density at radius 3 is 1.06 bits per heavy atom. The fourth-order valence-corrected chi connectivity index (χ4v) is 5.20. The fraction of sp³-hybridized carbons (Fsp3) is 1.00. The van der Waals surface area contributed by atoms with Crippen LogP contribution in [-0.4, -0.2) is 12.8 Å². The van der Waals surface area contributed by atoms with Gasteiger partial charge in [0, 0.05) is 0 Å². The predicted molar refractivity (Wildman–Crippen MR) is 141 cm³/mol. The Balaban J connectivity index is 3.14. The summed E-state index contributed by atoms with van der Waals surface area (Å²) in [6.45, 7) is 5.26. The van der Waals surface area contributed by atoms with Crippen LogP contribution in [0.2, 0.25) is 0 Å². The lowest BCUT2D eigenvalue weighted by atomic mass is 10.1. The molecule has 0 bridgehead atoms. The van der Waals surface area contributed by atoms with Gasteiger partial charge in [-0.05, 0) is 23.8 Å². The molecule has 0 spiro atoms. The second kappa shape index (κ2) is 28.1. The first-order valence-electron chi connectivity index (χ1n) is 14.4. The summed E-state index contributed by atoms with van der Waals surface area (Å²) < 4.78 is 17.5. The van der Waals surface area contributed by atoms with Gasteiger partial charge in [-0.2, -0.15) is 0 Å². The summed E-state index contributed by atoms with van der Waals surface area (Å²) in [7, 11) is -1.41. The average molecular weight is 458 g/mol. The molecule has 3 heteroatoms. The van der Waals surface area contributed by atoms with Crippen LogP contribution in [0.3, 0.4) is 0 Å². The van der Waals surface area contributed by atoms with Crippen molar-refractivity contribution in [1.82, 2.24) is 0 Å². The molecule has 0 aliphatic rings. The molecule has 186 valence electrons. The summed E-state index contributed by atoms with van der Waals surface area (Å²) in [5.74, 6) is 0. The number of hydrogen-bond acceptors (Lipinski definition) is 2. The summed E-state index contributed by atoms with van der Waals surface area (Å²) in [5, 5.41) is 0. The van der Waals surface area contributed by atoms with Gasteiger partial charge in [0.15, 0.2) is 6.16 Å². The molecule has 0 N–H and O–H groups in total. The maximum absolute atomic E-state index is 12.0. The van der Waals surface area contributed by atoms with Crippen molar-refractivity contribution in [2.24, 2.45) is 0 Å². The van der Waals surface area contributed by atoms with Gasteiger partial charge in [-0.15, -0.1) is 4.52 Å². The van der Waals surface area contributed by atoms with Crippen LogP contribution < -0.4 is 0 Å². The predicted octanol–water partition coefficient (Wildman–Crippen LogP) is 11.1. The number of rotatable bonds is 27. The maximum atomic E-state index is 12.0. The SMILES string of the molecule is CCCCCCCCCCCCCCO[P+](=O)CCCCCCCCCCCCCC. The Hall–Kier alpha value is 0.0600. The summed E-state index contributed by atoms with van der Waals surface area (Å²) in [6.07, 6.45) is 33.2. The molecule has 0 radical (unpaired) electrons. The third kappa shape index (κ3) is 28.0. The highest BCUT2D eigenvalue weighted by atomic mass is 31.1. The van der Waals surface area contributed by atoms with Gasteiger partial charge in [0.25, 0.3) is 0 Å². The van der Waals surface area contributed by atoms with E-state index in [1.54, 1.807) is 0 Å². The first-order chi connectivity index (χ1) is 15.3. The van der Waals surface area contributed by atoms with Gasteiger partial charge >= 0.3 is 8.03 Å². The maximum Gasteiger partial charge on any atom is 0.508 e. The van der Waals surface area contributed by atoms with Crippen molar-refractivity contribution in [3.8, 4) is 0 Å². The van der Waals surface area contributed by atoms with E-state index in [0.29, 0.717) is 6.61 Å². The standard InChI is InChI=1S/C28H58O2P/c1-3-5-7-9-11-13-15-17-19-21-23-25-27-30-31(29)28-26-24-22-20-18-16-14-12-10-8-6-4-2/h3-28H2,1-2H3/q+1. The lowest BCUT2D eigenvalue weighted by molar-refractivity contribution is 0.315. The van der Waals surface area contributed by atoms with E-state index in [1.807, 2.05) is 0 Å². The molecule has 0 aliphatic heterocycles. The quantitative estimate of drug-likeness (QED) is 0.0905. The van der Waals surface area contributed by atoms with Crippen LogP contribution in [0.15, 0.2) is 0 Å². The summed E-state index contributed by atoms with van der Waals surface area (Å²) in [6, 6.07) is 0. The highest BCUT2D eigenvalue weighted by molar-refractivity contribution is 7.39. The van der Waals surface area contributed by atoms with Crippen LogP contribution in [-0.2, 0) is 9.09 Å². The monoisotopic (exact) mass is 457 g/mol. The molecule has 0 aromatic carbocycles. The zero-order chi connectivity index (χ0) is 22.7. The molecule has 0 aliphatic carbocycles. The molecule has 0 fully saturated rings. The Morgan fingerprint density at radius 1 is 0.419 bits per heavy atom. The number of unbranched alkanes of at least 4 members (excludes halogenated alkanes) is 22. The van der Waals surface area contributed by atoms with Crippen molar-refractivity contribution in [2.45, 2.75) is 168 Å². The van der Waals surface area contributed by atoms with Crippen molar-refractivity contribution in [2.75, 3.05) is 12.8 Å². The molecule has 0 saturated heterocycles. The Kier molecular flexibility index (Phi) is 28.1. The minimum Gasteiger partial charge on any atom is -0.146 e. The van der Waals surface area contributed by atoms with Crippen LogP contribution in [0.1, 0.15) is 168 Å². The van der Waals surface area contributed by atoms with E-state index in [0.717, 1.165) is 19.0 Å². The van der Waals surface area contributed by atoms with Gasteiger partial charge in [-0.3, -0.25) is 0 Å². The first kappa shape index (κ1) is 31.1. The van der Waals surface area contributed by atoms with Crippen molar-refractivity contribution in [1.29, 1.82) is 0 Å². The Morgan fingerprint density at radius 2 is 0.710 bits per heavy atom. The second-order valence-corrected chi connectivity index (χ2v) is 11.0. The van der Waals surface area contributed by atoms with Crippen molar-refractivity contribution in [3.63, 3.8) is 0 Å². The summed E-state index contributed by atoms with van der Waals surface area (Å²) in [5.41, 5.74) is 0. The molecule has 0 heterocycles. The van der Waals surface area contributed by atoms with Crippen LogP contribution in [0.5, 0.6) is 0 Å². The smallest absolute Gasteiger partial charge is 0.146 e. The molecule has 0 aromatic heterocycles. The molecule has 1 atom stereocenters. The van der Waals surface area contributed by atoms with E-state index in [-0.39, 0.29) is 0 Å². The van der Waals surface area contributed by atoms with Gasteiger partial charge in [0.05, 0.1) is 0 Å². The minimum absolute atomic E-state index is 0.699. The second-order valence-electron chi connectivity index (χ2n) is 9.67. The molecule has 2 nitrogen and oxygen atoms in total. The van der Waals surface area contributed by atoms with E-state index in [2.05, 4.69) is 13.8 Å². The lowest BCUT2D eigenvalue weighted by Crippen LogP contribution is -1.90. The van der Waals surface area contributed by atoms with Crippen LogP contribution in [0.25, 0.3) is 0 Å². The Labute approximate surface area is 197 Å². The van der Waals surface area contributed by atoms with E-state index in [9.17, 15) is 4.57 Å². The summed E-state index contributed by atoms with van der Waals surface area (Å²) >= 11 is 0. The van der Waals surface area contributed by atoms with Gasteiger partial charge in [0.1, 0.15) is 6.61 Å². The summed E-state index contributed by atoms with van der Waals surface area (Å²) in [4.78, 5) is 0. The molecule has 0 saturated carbocycles. The van der Waals surface area contributed by atoms with E-state index in [1.165, 1.54) is 141 Å². The minimum atomic E-state index is -1.41. The van der Waals surface area contributed by atoms with Crippen LogP contribution >= 0.6 is 8.03 Å². The fourth-order valence-electron chi connectivity index (χ4n) is 4.26. The highest BCUT2D eigenvalue weighted by Gasteiger charge is 2.15. The van der Waals surface area contributed by atoms with Gasteiger partial charge in [0.2, 0.25) is 0 Å². The van der Waals surface area contributed by atoms with Crippen molar-refractivity contribution >= 4 is 8.03 Å². The topological polar surface area (TPSA) is 26.3 Å². The molecular weight excluding hydrogens is 399 g/mol. The van der Waals surface area contributed by atoms with Gasteiger partial charge in [-0.25, -0.2) is 0 Å². The molecular formula is C28H58O2P+. The van der Waals surface area contributed by atoms with Gasteiger partial charge < -0.3 is 0 Å². The largest absolute Gasteiger partial charge is 0.508 e. The highest BCUT2D eigenvalue weighted by Crippen LogP contribution is 2.25. The molecule has 0 rings (SSSR count). The van der Waals surface area contributed by atoms with E-state index >= 15 is 0 Å². The zero-order valence-electron chi connectivity index (χ0n) is 21.6. The van der Waals surface area contributed by atoms with Crippen LogP contribution in [0.4, 0.5) is 0 Å². The zero-order valence-corrected chi connectivity index (χ0v) is 22.5. The normalized spacial score (nSPS) is 11.9. The van der Waals surface area contributed by atoms with Crippen molar-refractivity contribution in [3.05, 3.63) is 0 Å². The lowest BCUT2D eigenvalue weighted by Gasteiger charge is -2.02. The molecule has 31 heavy (non-hydrogen) atoms. The molecule has 1 unspecified atom stereocenters. The molecule has 0 aromatic rings. The Bertz CT molecular complexity index is 346. The third-order valence-corrected chi connectivity index (χ3v) is 7.58. The molecule has 0 amide bonds.